The predicted octanol–water partition coefficient (Wildman–Crippen LogP) is 4.52. The number of alkyl halides is 3. The first-order chi connectivity index (χ1) is 10.1. The van der Waals surface area contributed by atoms with Gasteiger partial charge in [-0.15, -0.1) is 0 Å². The number of nitro groups is 1. The molecule has 0 aliphatic heterocycles. The third kappa shape index (κ3) is 2.95. The Bertz CT molecular complexity index is 768. The Balaban J connectivity index is 2.73. The van der Waals surface area contributed by atoms with Gasteiger partial charge in [0.2, 0.25) is 0 Å². The zero-order chi connectivity index (χ0) is 16.7. The molecule has 0 amide bonds. The van der Waals surface area contributed by atoms with Crippen LogP contribution in [-0.4, -0.2) is 14.9 Å². The molecule has 0 N–H and O–H groups in total. The first-order valence-electron chi connectivity index (χ1n) is 5.34. The molecule has 22 heavy (non-hydrogen) atoms. The van der Waals surface area contributed by atoms with E-state index in [-0.39, 0.29) is 0 Å². The smallest absolute Gasteiger partial charge is 0.258 e. The summed E-state index contributed by atoms with van der Waals surface area (Å²) in [7, 11) is 0. The van der Waals surface area contributed by atoms with Crippen molar-refractivity contribution in [1.29, 1.82) is 0 Å². The van der Waals surface area contributed by atoms with Crippen molar-refractivity contribution in [2.75, 3.05) is 0 Å². The lowest BCUT2D eigenvalue weighted by atomic mass is 10.1. The lowest BCUT2D eigenvalue weighted by Gasteiger charge is -2.11. The second-order valence-electron chi connectivity index (χ2n) is 3.92. The van der Waals surface area contributed by atoms with E-state index in [9.17, 15) is 27.7 Å². The van der Waals surface area contributed by atoms with Gasteiger partial charge >= 0.3 is 6.18 Å². The molecule has 1 aromatic heterocycles. The maximum Gasteiger partial charge on any atom is 0.434 e. The van der Waals surface area contributed by atoms with Crippen molar-refractivity contribution in [3.63, 3.8) is 0 Å². The summed E-state index contributed by atoms with van der Waals surface area (Å²) in [6.45, 7) is 0. The van der Waals surface area contributed by atoms with E-state index in [1.54, 1.807) is 0 Å². The SMILES string of the molecule is O=[N+]([O-])c1cc(-c2ncnc(C(F)(F)F)c2Cl)c(F)cc1Cl. The number of nitro benzene ring substituents is 1. The van der Waals surface area contributed by atoms with E-state index in [1.807, 2.05) is 0 Å². The van der Waals surface area contributed by atoms with E-state index in [2.05, 4.69) is 9.97 Å². The number of benzene rings is 1. The third-order valence-electron chi connectivity index (χ3n) is 2.55. The van der Waals surface area contributed by atoms with Crippen molar-refractivity contribution < 1.29 is 22.5 Å². The summed E-state index contributed by atoms with van der Waals surface area (Å²) in [6.07, 6.45) is -4.35. The van der Waals surface area contributed by atoms with Crippen LogP contribution in [0.4, 0.5) is 23.2 Å². The fourth-order valence-corrected chi connectivity index (χ4v) is 2.14. The van der Waals surface area contributed by atoms with E-state index in [0.717, 1.165) is 0 Å². The quantitative estimate of drug-likeness (QED) is 0.451. The highest BCUT2D eigenvalue weighted by Gasteiger charge is 2.37. The molecule has 0 aliphatic rings. The van der Waals surface area contributed by atoms with Gasteiger partial charge in [-0.2, -0.15) is 13.2 Å². The van der Waals surface area contributed by atoms with Crippen LogP contribution < -0.4 is 0 Å². The fourth-order valence-electron chi connectivity index (χ4n) is 1.61. The van der Waals surface area contributed by atoms with Crippen LogP contribution >= 0.6 is 23.2 Å². The van der Waals surface area contributed by atoms with E-state index in [0.29, 0.717) is 18.5 Å². The molecular formula is C11H3Cl2F4N3O2. The maximum absolute atomic E-state index is 13.9. The Hall–Kier alpha value is -2.00. The van der Waals surface area contributed by atoms with Crippen LogP contribution in [0.15, 0.2) is 18.5 Å². The molecule has 1 aromatic carbocycles. The molecule has 11 heteroatoms. The maximum atomic E-state index is 13.9. The van der Waals surface area contributed by atoms with E-state index in [1.165, 1.54) is 0 Å². The first-order valence-corrected chi connectivity index (χ1v) is 6.10. The number of nitrogens with zero attached hydrogens (tertiary/aromatic N) is 3. The van der Waals surface area contributed by atoms with Gasteiger partial charge in [-0.1, -0.05) is 23.2 Å². The van der Waals surface area contributed by atoms with Gasteiger partial charge in [0, 0.05) is 17.7 Å². The van der Waals surface area contributed by atoms with Crippen molar-refractivity contribution in [3.05, 3.63) is 50.1 Å². The van der Waals surface area contributed by atoms with Gasteiger partial charge in [0.15, 0.2) is 5.69 Å². The highest BCUT2D eigenvalue weighted by Crippen LogP contribution is 2.39. The van der Waals surface area contributed by atoms with Crippen LogP contribution in [0.5, 0.6) is 0 Å². The lowest BCUT2D eigenvalue weighted by Crippen LogP contribution is -2.10. The van der Waals surface area contributed by atoms with Crippen LogP contribution in [0, 0.1) is 15.9 Å². The van der Waals surface area contributed by atoms with Gasteiger partial charge in [-0.3, -0.25) is 10.1 Å². The highest BCUT2D eigenvalue weighted by molar-refractivity contribution is 6.34. The van der Waals surface area contributed by atoms with Crippen LogP contribution in [0.2, 0.25) is 10.0 Å². The zero-order valence-electron chi connectivity index (χ0n) is 10.2. The van der Waals surface area contributed by atoms with Crippen molar-refractivity contribution in [2.24, 2.45) is 0 Å². The molecule has 0 fully saturated rings. The average molecular weight is 356 g/mol. The number of hydrogen-bond acceptors (Lipinski definition) is 4. The van der Waals surface area contributed by atoms with Gasteiger partial charge in [0.05, 0.1) is 15.6 Å². The Morgan fingerprint density at radius 2 is 1.82 bits per heavy atom. The summed E-state index contributed by atoms with van der Waals surface area (Å²) >= 11 is 11.1. The van der Waals surface area contributed by atoms with Gasteiger partial charge in [-0.25, -0.2) is 14.4 Å². The van der Waals surface area contributed by atoms with Gasteiger partial charge < -0.3 is 0 Å². The van der Waals surface area contributed by atoms with Gasteiger partial charge in [0.1, 0.15) is 17.2 Å². The molecule has 2 rings (SSSR count). The van der Waals surface area contributed by atoms with Crippen LogP contribution in [0.1, 0.15) is 5.69 Å². The van der Waals surface area contributed by atoms with Crippen molar-refractivity contribution in [3.8, 4) is 11.3 Å². The van der Waals surface area contributed by atoms with Gasteiger partial charge in [0.25, 0.3) is 5.69 Å². The Labute approximate surface area is 129 Å². The Morgan fingerprint density at radius 1 is 1.18 bits per heavy atom. The first kappa shape index (κ1) is 16.4. The summed E-state index contributed by atoms with van der Waals surface area (Å²) in [5.41, 5.74) is -3.38. The lowest BCUT2D eigenvalue weighted by molar-refractivity contribution is -0.384. The number of aromatic nitrogens is 2. The van der Waals surface area contributed by atoms with Crippen LogP contribution in [0.3, 0.4) is 0 Å². The molecule has 0 spiro atoms. The number of halogens is 6. The minimum atomic E-state index is -4.89. The van der Waals surface area contributed by atoms with Crippen molar-refractivity contribution >= 4 is 28.9 Å². The Kier molecular flexibility index (Phi) is 4.21. The minimum Gasteiger partial charge on any atom is -0.258 e. The number of rotatable bonds is 2. The van der Waals surface area contributed by atoms with Gasteiger partial charge in [-0.05, 0) is 0 Å². The van der Waals surface area contributed by atoms with Crippen molar-refractivity contribution in [1.82, 2.24) is 9.97 Å². The molecule has 1 heterocycles. The predicted molar refractivity (Wildman–Crippen MR) is 69.1 cm³/mol. The summed E-state index contributed by atoms with van der Waals surface area (Å²) in [4.78, 5) is 16.3. The second kappa shape index (κ2) is 5.65. The zero-order valence-corrected chi connectivity index (χ0v) is 11.7. The third-order valence-corrected chi connectivity index (χ3v) is 3.21. The highest BCUT2D eigenvalue weighted by atomic mass is 35.5. The van der Waals surface area contributed by atoms with Crippen LogP contribution in [0.25, 0.3) is 11.3 Å². The molecule has 0 atom stereocenters. The Morgan fingerprint density at radius 3 is 2.36 bits per heavy atom. The average Bonchev–Trinajstić information content (AvgIpc) is 2.38. The van der Waals surface area contributed by atoms with E-state index < -0.39 is 49.6 Å². The van der Waals surface area contributed by atoms with E-state index >= 15 is 0 Å². The molecule has 0 unspecified atom stereocenters. The molecule has 0 saturated heterocycles. The molecule has 5 nitrogen and oxygen atoms in total. The largest absolute Gasteiger partial charge is 0.434 e. The monoisotopic (exact) mass is 355 g/mol. The normalized spacial score (nSPS) is 11.5. The molecular weight excluding hydrogens is 353 g/mol. The number of hydrogen-bond donors (Lipinski definition) is 0. The molecule has 0 saturated carbocycles. The molecule has 0 aliphatic carbocycles. The summed E-state index contributed by atoms with van der Waals surface area (Å²) < 4.78 is 52.0. The van der Waals surface area contributed by atoms with Crippen LogP contribution in [-0.2, 0) is 6.18 Å². The summed E-state index contributed by atoms with van der Waals surface area (Å²) in [5.74, 6) is -1.11. The van der Waals surface area contributed by atoms with E-state index in [4.69, 9.17) is 23.2 Å². The minimum absolute atomic E-state index is 0.507. The summed E-state index contributed by atoms with van der Waals surface area (Å²) in [5, 5.41) is 9.31. The fraction of sp³-hybridized carbons (Fsp3) is 0.0909. The molecule has 116 valence electrons. The second-order valence-corrected chi connectivity index (χ2v) is 4.71. The molecule has 2 aromatic rings. The van der Waals surface area contributed by atoms with Crippen molar-refractivity contribution in [2.45, 2.75) is 6.18 Å². The molecule has 0 radical (unpaired) electrons. The molecule has 0 bridgehead atoms. The standard InChI is InChI=1S/C11H3Cl2F4N3O2/c12-5-2-6(14)4(1-7(5)20(21)22)9-8(13)10(11(15,16)17)19-3-18-9/h1-3H. The summed E-state index contributed by atoms with van der Waals surface area (Å²) in [6, 6.07) is 1.26. The topological polar surface area (TPSA) is 68.9 Å².